The van der Waals surface area contributed by atoms with E-state index in [2.05, 4.69) is 10.6 Å². The molecular weight excluding hydrogens is 240 g/mol. The van der Waals surface area contributed by atoms with Crippen molar-refractivity contribution in [1.82, 2.24) is 10.6 Å². The van der Waals surface area contributed by atoms with E-state index in [1.54, 1.807) is 0 Å². The lowest BCUT2D eigenvalue weighted by atomic mass is 10.1. The van der Waals surface area contributed by atoms with Gasteiger partial charge >= 0.3 is 0 Å². The molecule has 1 aromatic rings. The normalized spacial score (nSPS) is 18.3. The third kappa shape index (κ3) is 4.24. The Morgan fingerprint density at radius 2 is 2.32 bits per heavy atom. The van der Waals surface area contributed by atoms with E-state index in [4.69, 9.17) is 4.74 Å². The van der Waals surface area contributed by atoms with Gasteiger partial charge in [0.2, 0.25) is 5.91 Å². The number of amides is 1. The molecule has 1 fully saturated rings. The van der Waals surface area contributed by atoms with Gasteiger partial charge in [-0.1, -0.05) is 18.2 Å². The summed E-state index contributed by atoms with van der Waals surface area (Å²) in [6.45, 7) is 4.16. The van der Waals surface area contributed by atoms with Crippen LogP contribution in [0.15, 0.2) is 24.3 Å². The van der Waals surface area contributed by atoms with Gasteiger partial charge in [-0.2, -0.15) is 0 Å². The number of benzene rings is 1. The molecule has 1 amide bonds. The molecule has 1 heterocycles. The third-order valence-electron chi connectivity index (χ3n) is 3.34. The molecule has 0 aromatic heterocycles. The van der Waals surface area contributed by atoms with Gasteiger partial charge in [0, 0.05) is 24.6 Å². The number of nitrogens with one attached hydrogen (secondary N) is 2. The topological polar surface area (TPSA) is 50.4 Å². The molecule has 1 unspecified atom stereocenters. The van der Waals surface area contributed by atoms with Crippen molar-refractivity contribution in [3.8, 4) is 5.75 Å². The van der Waals surface area contributed by atoms with Crippen LogP contribution in [0.4, 0.5) is 0 Å². The molecule has 1 aromatic carbocycles. The van der Waals surface area contributed by atoms with Crippen LogP contribution in [0.3, 0.4) is 0 Å². The average Bonchev–Trinajstić information content (AvgIpc) is 2.91. The Kier molecular flexibility index (Phi) is 5.21. The van der Waals surface area contributed by atoms with Crippen LogP contribution in [-0.4, -0.2) is 25.1 Å². The fourth-order valence-corrected chi connectivity index (χ4v) is 2.37. The Labute approximate surface area is 114 Å². The summed E-state index contributed by atoms with van der Waals surface area (Å²) >= 11 is 0. The van der Waals surface area contributed by atoms with Crippen molar-refractivity contribution in [3.63, 3.8) is 0 Å². The van der Waals surface area contributed by atoms with Gasteiger partial charge in [0.05, 0.1) is 6.61 Å². The molecule has 0 spiro atoms. The first-order chi connectivity index (χ1) is 9.29. The van der Waals surface area contributed by atoms with E-state index >= 15 is 0 Å². The van der Waals surface area contributed by atoms with Crippen LogP contribution in [0, 0.1) is 0 Å². The van der Waals surface area contributed by atoms with Gasteiger partial charge in [0.15, 0.2) is 0 Å². The fourth-order valence-electron chi connectivity index (χ4n) is 2.37. The van der Waals surface area contributed by atoms with E-state index in [9.17, 15) is 4.79 Å². The second-order valence-corrected chi connectivity index (χ2v) is 4.81. The molecule has 4 heteroatoms. The first-order valence-corrected chi connectivity index (χ1v) is 7.00. The van der Waals surface area contributed by atoms with E-state index < -0.39 is 0 Å². The maximum absolute atomic E-state index is 11.8. The van der Waals surface area contributed by atoms with Gasteiger partial charge in [-0.05, 0) is 32.4 Å². The molecule has 0 radical (unpaired) electrons. The minimum atomic E-state index is 0.103. The first kappa shape index (κ1) is 13.9. The monoisotopic (exact) mass is 262 g/mol. The van der Waals surface area contributed by atoms with Crippen molar-refractivity contribution in [2.75, 3.05) is 13.2 Å². The average molecular weight is 262 g/mol. The lowest BCUT2D eigenvalue weighted by molar-refractivity contribution is -0.121. The van der Waals surface area contributed by atoms with Crippen LogP contribution < -0.4 is 15.4 Å². The third-order valence-corrected chi connectivity index (χ3v) is 3.34. The maximum Gasteiger partial charge on any atom is 0.221 e. The molecule has 1 saturated heterocycles. The summed E-state index contributed by atoms with van der Waals surface area (Å²) in [5.74, 6) is 0.954. The molecule has 0 aliphatic carbocycles. The van der Waals surface area contributed by atoms with Crippen LogP contribution in [0.2, 0.25) is 0 Å². The van der Waals surface area contributed by atoms with Gasteiger partial charge in [0.1, 0.15) is 5.75 Å². The smallest absolute Gasteiger partial charge is 0.221 e. The van der Waals surface area contributed by atoms with Crippen LogP contribution in [0.1, 0.15) is 31.7 Å². The Balaban J connectivity index is 1.82. The molecule has 0 bridgehead atoms. The van der Waals surface area contributed by atoms with Crippen molar-refractivity contribution in [2.45, 2.75) is 38.8 Å². The highest BCUT2D eigenvalue weighted by molar-refractivity contribution is 5.76. The minimum Gasteiger partial charge on any atom is -0.494 e. The van der Waals surface area contributed by atoms with Crippen LogP contribution in [0.25, 0.3) is 0 Å². The summed E-state index contributed by atoms with van der Waals surface area (Å²) < 4.78 is 5.54. The fraction of sp³-hybridized carbons (Fsp3) is 0.533. The summed E-state index contributed by atoms with van der Waals surface area (Å²) in [6, 6.07) is 8.17. The van der Waals surface area contributed by atoms with Gasteiger partial charge < -0.3 is 15.4 Å². The number of hydrogen-bond acceptors (Lipinski definition) is 3. The van der Waals surface area contributed by atoms with Crippen molar-refractivity contribution < 1.29 is 9.53 Å². The van der Waals surface area contributed by atoms with Gasteiger partial charge in [-0.3, -0.25) is 4.79 Å². The predicted octanol–water partition coefficient (Wildman–Crippen LogP) is 1.84. The highest BCUT2D eigenvalue weighted by atomic mass is 16.5. The second kappa shape index (κ2) is 7.14. The van der Waals surface area contributed by atoms with E-state index in [1.807, 2.05) is 31.2 Å². The maximum atomic E-state index is 11.8. The number of rotatable bonds is 6. The van der Waals surface area contributed by atoms with Gasteiger partial charge in [-0.15, -0.1) is 0 Å². The van der Waals surface area contributed by atoms with E-state index in [0.717, 1.165) is 24.3 Å². The highest BCUT2D eigenvalue weighted by Gasteiger charge is 2.17. The molecule has 4 nitrogen and oxygen atoms in total. The van der Waals surface area contributed by atoms with Crippen molar-refractivity contribution >= 4 is 5.91 Å². The predicted molar refractivity (Wildman–Crippen MR) is 75.1 cm³/mol. The zero-order valence-electron chi connectivity index (χ0n) is 11.4. The van der Waals surface area contributed by atoms with Crippen molar-refractivity contribution in [1.29, 1.82) is 0 Å². The Bertz CT molecular complexity index is 414. The molecule has 2 N–H and O–H groups in total. The number of carbonyl (C=O) groups excluding carboxylic acids is 1. The van der Waals surface area contributed by atoms with Crippen LogP contribution in [0.5, 0.6) is 5.75 Å². The standard InChI is InChI=1S/C15H22N2O2/c1-2-19-14-8-4-3-6-12(14)11-17-15(18)10-13-7-5-9-16-13/h3-4,6,8,13,16H,2,5,7,9-11H2,1H3,(H,17,18). The Hall–Kier alpha value is -1.55. The molecule has 1 aliphatic heterocycles. The number of hydrogen-bond donors (Lipinski definition) is 2. The first-order valence-electron chi connectivity index (χ1n) is 7.00. The molecular formula is C15H22N2O2. The number of ether oxygens (including phenoxy) is 1. The second-order valence-electron chi connectivity index (χ2n) is 4.81. The minimum absolute atomic E-state index is 0.103. The zero-order valence-corrected chi connectivity index (χ0v) is 11.4. The van der Waals surface area contributed by atoms with Crippen molar-refractivity contribution in [3.05, 3.63) is 29.8 Å². The molecule has 1 atom stereocenters. The highest BCUT2D eigenvalue weighted by Crippen LogP contribution is 2.17. The molecule has 19 heavy (non-hydrogen) atoms. The lowest BCUT2D eigenvalue weighted by Gasteiger charge is -2.13. The molecule has 104 valence electrons. The van der Waals surface area contributed by atoms with Crippen LogP contribution >= 0.6 is 0 Å². The SMILES string of the molecule is CCOc1ccccc1CNC(=O)CC1CCCN1. The van der Waals surface area contributed by atoms with Gasteiger partial charge in [-0.25, -0.2) is 0 Å². The van der Waals surface area contributed by atoms with Crippen LogP contribution in [-0.2, 0) is 11.3 Å². The lowest BCUT2D eigenvalue weighted by Crippen LogP contribution is -2.31. The summed E-state index contributed by atoms with van der Waals surface area (Å²) in [5, 5.41) is 6.30. The number of para-hydroxylation sites is 1. The molecule has 1 aliphatic rings. The Morgan fingerprint density at radius 3 is 3.05 bits per heavy atom. The Morgan fingerprint density at radius 1 is 1.47 bits per heavy atom. The summed E-state index contributed by atoms with van der Waals surface area (Å²) in [7, 11) is 0. The van der Waals surface area contributed by atoms with E-state index in [-0.39, 0.29) is 5.91 Å². The van der Waals surface area contributed by atoms with Gasteiger partial charge in [0.25, 0.3) is 0 Å². The van der Waals surface area contributed by atoms with E-state index in [0.29, 0.717) is 25.6 Å². The number of carbonyl (C=O) groups is 1. The summed E-state index contributed by atoms with van der Waals surface area (Å²) in [5.41, 5.74) is 1.03. The van der Waals surface area contributed by atoms with Crippen molar-refractivity contribution in [2.24, 2.45) is 0 Å². The zero-order chi connectivity index (χ0) is 13.5. The summed E-state index contributed by atoms with van der Waals surface area (Å²) in [6.07, 6.45) is 2.84. The quantitative estimate of drug-likeness (QED) is 0.822. The molecule has 2 rings (SSSR count). The van der Waals surface area contributed by atoms with E-state index in [1.165, 1.54) is 6.42 Å². The molecule has 0 saturated carbocycles. The largest absolute Gasteiger partial charge is 0.494 e. The summed E-state index contributed by atoms with van der Waals surface area (Å²) in [4.78, 5) is 11.8.